The average Bonchev–Trinajstić information content (AvgIpc) is 2.44. The van der Waals surface area contributed by atoms with Crippen LogP contribution in [-0.2, 0) is 16.3 Å². The molecular weight excluding hydrogens is 317 g/mol. The van der Waals surface area contributed by atoms with Crippen LogP contribution in [0.25, 0.3) is 0 Å². The molecule has 2 rings (SSSR count). The van der Waals surface area contributed by atoms with Crippen molar-refractivity contribution in [3.05, 3.63) is 71.3 Å². The molecule has 0 heterocycles. The van der Waals surface area contributed by atoms with E-state index in [4.69, 9.17) is 4.55 Å². The van der Waals surface area contributed by atoms with Crippen molar-refractivity contribution in [1.82, 2.24) is 0 Å². The van der Waals surface area contributed by atoms with Gasteiger partial charge in [-0.2, -0.15) is 21.6 Å². The Kier molecular flexibility index (Phi) is 4.58. The van der Waals surface area contributed by atoms with Gasteiger partial charge in [0, 0.05) is 5.92 Å². The number of hydrogen-bond donors (Lipinski definition) is 1. The molecule has 0 bridgehead atoms. The Morgan fingerprint density at radius 2 is 1.50 bits per heavy atom. The quantitative estimate of drug-likeness (QED) is 0.869. The topological polar surface area (TPSA) is 54.4 Å². The van der Waals surface area contributed by atoms with Crippen molar-refractivity contribution in [2.75, 3.05) is 5.75 Å². The van der Waals surface area contributed by atoms with E-state index in [1.807, 2.05) is 0 Å². The van der Waals surface area contributed by atoms with Crippen molar-refractivity contribution >= 4 is 10.1 Å². The minimum atomic E-state index is -4.61. The maximum Gasteiger partial charge on any atom is 0.416 e. The smallest absolute Gasteiger partial charge is 0.286 e. The number of rotatable bonds is 4. The van der Waals surface area contributed by atoms with E-state index >= 15 is 0 Å². The lowest BCUT2D eigenvalue weighted by Crippen LogP contribution is -2.19. The second-order valence-corrected chi connectivity index (χ2v) is 6.29. The first kappa shape index (κ1) is 16.5. The second-order valence-electron chi connectivity index (χ2n) is 4.80. The highest BCUT2D eigenvalue weighted by Crippen LogP contribution is 2.37. The summed E-state index contributed by atoms with van der Waals surface area (Å²) in [6.07, 6.45) is -4.61. The maximum absolute atomic E-state index is 13.1. The van der Waals surface area contributed by atoms with Crippen LogP contribution in [0.5, 0.6) is 0 Å². The minimum absolute atomic E-state index is 0.182. The summed E-state index contributed by atoms with van der Waals surface area (Å²) < 4.78 is 71.0. The highest BCUT2D eigenvalue weighted by Gasteiger charge is 2.36. The fraction of sp³-hybridized carbons (Fsp3) is 0.200. The molecular formula is C15H13F3O3S. The summed E-state index contributed by atoms with van der Waals surface area (Å²) in [6.45, 7) is 0. The van der Waals surface area contributed by atoms with E-state index in [1.165, 1.54) is 30.3 Å². The largest absolute Gasteiger partial charge is 0.416 e. The molecule has 0 aliphatic heterocycles. The first-order chi connectivity index (χ1) is 10.2. The van der Waals surface area contributed by atoms with Crippen LogP contribution in [0.1, 0.15) is 22.6 Å². The standard InChI is InChI=1S/C15H13F3O3S/c16-15(17,18)14-9-5-4-8-12(14)13(10-22(19,20)21)11-6-2-1-3-7-11/h1-9,13H,10H2,(H,19,20,21). The molecule has 2 aromatic carbocycles. The average molecular weight is 330 g/mol. The molecule has 0 spiro atoms. The molecule has 0 radical (unpaired) electrons. The van der Waals surface area contributed by atoms with Gasteiger partial charge in [0.05, 0.1) is 11.3 Å². The molecule has 3 nitrogen and oxygen atoms in total. The van der Waals surface area contributed by atoms with E-state index in [0.29, 0.717) is 5.56 Å². The molecule has 1 atom stereocenters. The van der Waals surface area contributed by atoms with Crippen LogP contribution in [0.2, 0.25) is 0 Å². The molecule has 2 aromatic rings. The maximum atomic E-state index is 13.1. The molecule has 1 unspecified atom stereocenters. The summed E-state index contributed by atoms with van der Waals surface area (Å²) >= 11 is 0. The first-order valence-corrected chi connectivity index (χ1v) is 7.95. The van der Waals surface area contributed by atoms with Crippen molar-refractivity contribution in [3.8, 4) is 0 Å². The predicted octanol–water partition coefficient (Wildman–Crippen LogP) is 3.73. The first-order valence-electron chi connectivity index (χ1n) is 6.35. The van der Waals surface area contributed by atoms with E-state index in [0.717, 1.165) is 6.07 Å². The van der Waals surface area contributed by atoms with Crippen LogP contribution in [0.4, 0.5) is 13.2 Å². The summed E-state index contributed by atoms with van der Waals surface area (Å²) in [5.74, 6) is -1.92. The van der Waals surface area contributed by atoms with Gasteiger partial charge in [0.1, 0.15) is 0 Å². The van der Waals surface area contributed by atoms with Gasteiger partial charge in [0.25, 0.3) is 10.1 Å². The fourth-order valence-electron chi connectivity index (χ4n) is 2.32. The molecule has 0 saturated heterocycles. The van der Waals surface area contributed by atoms with Crippen molar-refractivity contribution < 1.29 is 26.1 Å². The number of halogens is 3. The highest BCUT2D eigenvalue weighted by atomic mass is 32.2. The molecule has 0 fully saturated rings. The van der Waals surface area contributed by atoms with E-state index < -0.39 is 33.5 Å². The number of benzene rings is 2. The summed E-state index contributed by atoms with van der Waals surface area (Å²) in [4.78, 5) is 0. The number of hydrogen-bond acceptors (Lipinski definition) is 2. The normalized spacial score (nSPS) is 13.8. The predicted molar refractivity (Wildman–Crippen MR) is 76.1 cm³/mol. The van der Waals surface area contributed by atoms with Crippen LogP contribution in [0, 0.1) is 0 Å². The Bertz CT molecular complexity index is 740. The third kappa shape index (κ3) is 4.08. The van der Waals surface area contributed by atoms with Gasteiger partial charge in [-0.1, -0.05) is 48.5 Å². The zero-order chi connectivity index (χ0) is 16.4. The second kappa shape index (κ2) is 6.10. The number of alkyl halides is 3. The minimum Gasteiger partial charge on any atom is -0.286 e. The summed E-state index contributed by atoms with van der Waals surface area (Å²) in [6, 6.07) is 12.7. The van der Waals surface area contributed by atoms with Crippen LogP contribution in [0.15, 0.2) is 54.6 Å². The van der Waals surface area contributed by atoms with E-state index in [-0.39, 0.29) is 5.56 Å². The van der Waals surface area contributed by atoms with Gasteiger partial charge in [0.2, 0.25) is 0 Å². The van der Waals surface area contributed by atoms with Gasteiger partial charge in [-0.25, -0.2) is 0 Å². The van der Waals surface area contributed by atoms with Gasteiger partial charge in [0.15, 0.2) is 0 Å². The Morgan fingerprint density at radius 1 is 0.955 bits per heavy atom. The monoisotopic (exact) mass is 330 g/mol. The Labute approximate surface area is 126 Å². The van der Waals surface area contributed by atoms with Gasteiger partial charge < -0.3 is 0 Å². The SMILES string of the molecule is O=S(=O)(O)CC(c1ccccc1)c1ccccc1C(F)(F)F. The van der Waals surface area contributed by atoms with Crippen LogP contribution in [-0.4, -0.2) is 18.7 Å². The van der Waals surface area contributed by atoms with Crippen LogP contribution in [0.3, 0.4) is 0 Å². The summed E-state index contributed by atoms with van der Waals surface area (Å²) in [5, 5.41) is 0. The molecule has 118 valence electrons. The molecule has 1 N–H and O–H groups in total. The van der Waals surface area contributed by atoms with Crippen molar-refractivity contribution in [3.63, 3.8) is 0 Å². The molecule has 22 heavy (non-hydrogen) atoms. The van der Waals surface area contributed by atoms with Gasteiger partial charge >= 0.3 is 6.18 Å². The lowest BCUT2D eigenvalue weighted by atomic mass is 9.89. The zero-order valence-electron chi connectivity index (χ0n) is 11.3. The third-order valence-corrected chi connectivity index (χ3v) is 3.98. The molecule has 0 saturated carbocycles. The molecule has 0 amide bonds. The molecule has 0 aromatic heterocycles. The lowest BCUT2D eigenvalue weighted by molar-refractivity contribution is -0.138. The highest BCUT2D eigenvalue weighted by molar-refractivity contribution is 7.85. The Balaban J connectivity index is 2.61. The third-order valence-electron chi connectivity index (χ3n) is 3.22. The molecule has 0 aliphatic carbocycles. The Hall–Kier alpha value is -1.86. The summed E-state index contributed by atoms with van der Waals surface area (Å²) in [5.41, 5.74) is -0.705. The lowest BCUT2D eigenvalue weighted by Gasteiger charge is -2.21. The fourth-order valence-corrected chi connectivity index (χ4v) is 3.11. The zero-order valence-corrected chi connectivity index (χ0v) is 12.1. The van der Waals surface area contributed by atoms with Gasteiger partial charge in [-0.15, -0.1) is 0 Å². The van der Waals surface area contributed by atoms with E-state index in [9.17, 15) is 21.6 Å². The van der Waals surface area contributed by atoms with E-state index in [1.54, 1.807) is 18.2 Å². The molecule has 7 heteroatoms. The summed E-state index contributed by atoms with van der Waals surface area (Å²) in [7, 11) is -4.45. The van der Waals surface area contributed by atoms with Crippen LogP contribution >= 0.6 is 0 Å². The van der Waals surface area contributed by atoms with Crippen molar-refractivity contribution in [2.45, 2.75) is 12.1 Å². The molecule has 0 aliphatic rings. The van der Waals surface area contributed by atoms with Gasteiger partial charge in [-0.05, 0) is 17.2 Å². The van der Waals surface area contributed by atoms with E-state index in [2.05, 4.69) is 0 Å². The van der Waals surface area contributed by atoms with Crippen LogP contribution < -0.4 is 0 Å². The van der Waals surface area contributed by atoms with Gasteiger partial charge in [-0.3, -0.25) is 4.55 Å². The van der Waals surface area contributed by atoms with Crippen molar-refractivity contribution in [2.24, 2.45) is 0 Å². The Morgan fingerprint density at radius 3 is 2.05 bits per heavy atom. The van der Waals surface area contributed by atoms with Crippen molar-refractivity contribution in [1.29, 1.82) is 0 Å².